The van der Waals surface area contributed by atoms with Crippen LogP contribution in [0.3, 0.4) is 0 Å². The fourth-order valence-electron chi connectivity index (χ4n) is 2.79. The Morgan fingerprint density at radius 1 is 1.33 bits per heavy atom. The van der Waals surface area contributed by atoms with Crippen molar-refractivity contribution in [1.82, 2.24) is 4.98 Å². The molecular formula is C17H16FN3. The molecule has 1 heterocycles. The van der Waals surface area contributed by atoms with Gasteiger partial charge in [0, 0.05) is 24.8 Å². The van der Waals surface area contributed by atoms with E-state index in [0.29, 0.717) is 23.5 Å². The van der Waals surface area contributed by atoms with Crippen LogP contribution in [-0.4, -0.2) is 12.0 Å². The second kappa shape index (κ2) is 5.53. The van der Waals surface area contributed by atoms with Crippen LogP contribution in [0, 0.1) is 17.1 Å². The van der Waals surface area contributed by atoms with Gasteiger partial charge in [-0.05, 0) is 37.0 Å². The maximum atomic E-state index is 13.8. The number of nitrogens with zero attached hydrogens (tertiary/aromatic N) is 3. The van der Waals surface area contributed by atoms with E-state index in [1.807, 2.05) is 24.1 Å². The minimum Gasteiger partial charge on any atom is -0.354 e. The molecule has 21 heavy (non-hydrogen) atoms. The number of hydrogen-bond donors (Lipinski definition) is 0. The van der Waals surface area contributed by atoms with Crippen LogP contribution in [-0.2, 0) is 19.4 Å². The molecule has 1 aliphatic carbocycles. The van der Waals surface area contributed by atoms with E-state index in [1.165, 1.54) is 11.6 Å². The number of anilines is 1. The maximum absolute atomic E-state index is 13.8. The highest BCUT2D eigenvalue weighted by molar-refractivity contribution is 5.56. The van der Waals surface area contributed by atoms with Crippen molar-refractivity contribution >= 4 is 5.82 Å². The lowest BCUT2D eigenvalue weighted by Crippen LogP contribution is -2.20. The smallest absolute Gasteiger partial charge is 0.146 e. The third-order valence-electron chi connectivity index (χ3n) is 3.88. The van der Waals surface area contributed by atoms with Crippen molar-refractivity contribution in [1.29, 1.82) is 5.26 Å². The summed E-state index contributed by atoms with van der Waals surface area (Å²) in [5.74, 6) is 0.408. The van der Waals surface area contributed by atoms with E-state index >= 15 is 0 Å². The number of aryl methyl sites for hydroxylation is 2. The first-order chi connectivity index (χ1) is 10.2. The molecule has 3 rings (SSSR count). The number of pyridine rings is 1. The van der Waals surface area contributed by atoms with Crippen molar-refractivity contribution in [3.8, 4) is 6.07 Å². The highest BCUT2D eigenvalue weighted by Gasteiger charge is 2.19. The molecule has 3 nitrogen and oxygen atoms in total. The van der Waals surface area contributed by atoms with Crippen molar-refractivity contribution in [3.63, 3.8) is 0 Å². The van der Waals surface area contributed by atoms with Gasteiger partial charge >= 0.3 is 0 Å². The molecule has 0 aliphatic heterocycles. The number of nitriles is 1. The summed E-state index contributed by atoms with van der Waals surface area (Å²) < 4.78 is 13.8. The maximum Gasteiger partial charge on any atom is 0.146 e. The van der Waals surface area contributed by atoms with Crippen molar-refractivity contribution in [2.45, 2.75) is 25.8 Å². The fourth-order valence-corrected chi connectivity index (χ4v) is 2.79. The molecule has 1 aliphatic rings. The molecule has 0 atom stereocenters. The third-order valence-corrected chi connectivity index (χ3v) is 3.88. The molecule has 0 radical (unpaired) electrons. The topological polar surface area (TPSA) is 39.9 Å². The molecule has 106 valence electrons. The summed E-state index contributed by atoms with van der Waals surface area (Å²) in [5, 5.41) is 9.33. The second-order valence-corrected chi connectivity index (χ2v) is 5.38. The van der Waals surface area contributed by atoms with Crippen molar-refractivity contribution in [2.75, 3.05) is 11.9 Å². The lowest BCUT2D eigenvalue weighted by molar-refractivity contribution is 0.607. The molecule has 0 saturated heterocycles. The normalized spacial score (nSPS) is 12.8. The van der Waals surface area contributed by atoms with Crippen molar-refractivity contribution in [2.24, 2.45) is 0 Å². The van der Waals surface area contributed by atoms with Gasteiger partial charge in [0.05, 0.1) is 5.56 Å². The summed E-state index contributed by atoms with van der Waals surface area (Å²) in [5.41, 5.74) is 3.42. The summed E-state index contributed by atoms with van der Waals surface area (Å²) in [6.07, 6.45) is 3.05. The van der Waals surface area contributed by atoms with Gasteiger partial charge in [0.15, 0.2) is 0 Å². The van der Waals surface area contributed by atoms with Gasteiger partial charge in [0.25, 0.3) is 0 Å². The van der Waals surface area contributed by atoms with Crippen LogP contribution < -0.4 is 4.90 Å². The number of halogens is 1. The Morgan fingerprint density at radius 3 is 2.90 bits per heavy atom. The van der Waals surface area contributed by atoms with Crippen LogP contribution in [0.1, 0.15) is 28.8 Å². The number of benzene rings is 1. The zero-order valence-corrected chi connectivity index (χ0v) is 11.9. The molecule has 0 saturated carbocycles. The van der Waals surface area contributed by atoms with Gasteiger partial charge in [-0.15, -0.1) is 0 Å². The summed E-state index contributed by atoms with van der Waals surface area (Å²) in [7, 11) is 1.84. The standard InChI is InChI=1S/C17H16FN3/c1-21(11-13-5-2-3-7-15(13)18)17-14(10-19)9-12-6-4-8-16(12)20-17/h2-3,5,7,9H,4,6,8,11H2,1H3. The third kappa shape index (κ3) is 2.59. The van der Waals surface area contributed by atoms with E-state index in [0.717, 1.165) is 25.0 Å². The van der Waals surface area contributed by atoms with Crippen LogP contribution in [0.2, 0.25) is 0 Å². The van der Waals surface area contributed by atoms with Gasteiger partial charge in [-0.2, -0.15) is 5.26 Å². The number of rotatable bonds is 3. The zero-order chi connectivity index (χ0) is 14.8. The number of aromatic nitrogens is 1. The molecule has 0 amide bonds. The molecule has 0 unspecified atom stereocenters. The van der Waals surface area contributed by atoms with Gasteiger partial charge in [0.2, 0.25) is 0 Å². The van der Waals surface area contributed by atoms with E-state index in [-0.39, 0.29) is 5.82 Å². The SMILES string of the molecule is CN(Cc1ccccc1F)c1nc2c(cc1C#N)CCC2. The first-order valence-corrected chi connectivity index (χ1v) is 7.06. The Labute approximate surface area is 123 Å². The first kappa shape index (κ1) is 13.6. The van der Waals surface area contributed by atoms with Crippen LogP contribution >= 0.6 is 0 Å². The summed E-state index contributed by atoms with van der Waals surface area (Å²) >= 11 is 0. The lowest BCUT2D eigenvalue weighted by Gasteiger charge is -2.20. The van der Waals surface area contributed by atoms with Crippen LogP contribution in [0.5, 0.6) is 0 Å². The van der Waals surface area contributed by atoms with E-state index in [2.05, 4.69) is 11.1 Å². The molecular weight excluding hydrogens is 265 g/mol. The van der Waals surface area contributed by atoms with Crippen LogP contribution in [0.15, 0.2) is 30.3 Å². The molecule has 1 aromatic heterocycles. The minimum absolute atomic E-state index is 0.232. The monoisotopic (exact) mass is 281 g/mol. The summed E-state index contributed by atoms with van der Waals surface area (Å²) in [6.45, 7) is 0.396. The molecule has 2 aromatic rings. The second-order valence-electron chi connectivity index (χ2n) is 5.38. The summed E-state index contributed by atoms with van der Waals surface area (Å²) in [6, 6.07) is 10.8. The van der Waals surface area contributed by atoms with Gasteiger partial charge in [-0.25, -0.2) is 9.37 Å². The van der Waals surface area contributed by atoms with Crippen molar-refractivity contribution < 1.29 is 4.39 Å². The Balaban J connectivity index is 1.93. The van der Waals surface area contributed by atoms with E-state index in [1.54, 1.807) is 12.1 Å². The number of hydrogen-bond acceptors (Lipinski definition) is 3. The van der Waals surface area contributed by atoms with Crippen LogP contribution in [0.4, 0.5) is 10.2 Å². The molecule has 0 N–H and O–H groups in total. The predicted octanol–water partition coefficient (Wildman–Crippen LogP) is 3.22. The van der Waals surface area contributed by atoms with Crippen LogP contribution in [0.25, 0.3) is 0 Å². The molecule has 0 spiro atoms. The van der Waals surface area contributed by atoms with Gasteiger partial charge in [0.1, 0.15) is 17.7 Å². The number of fused-ring (bicyclic) bond motifs is 1. The Kier molecular flexibility index (Phi) is 3.57. The lowest BCUT2D eigenvalue weighted by atomic mass is 10.1. The summed E-state index contributed by atoms with van der Waals surface area (Å²) in [4.78, 5) is 6.47. The van der Waals surface area contributed by atoms with E-state index < -0.39 is 0 Å². The highest BCUT2D eigenvalue weighted by Crippen LogP contribution is 2.27. The minimum atomic E-state index is -0.232. The zero-order valence-electron chi connectivity index (χ0n) is 11.9. The molecule has 4 heteroatoms. The first-order valence-electron chi connectivity index (χ1n) is 7.06. The van der Waals surface area contributed by atoms with Gasteiger partial charge in [-0.3, -0.25) is 0 Å². The average molecular weight is 281 g/mol. The average Bonchev–Trinajstić information content (AvgIpc) is 2.95. The van der Waals surface area contributed by atoms with E-state index in [4.69, 9.17) is 0 Å². The molecule has 1 aromatic carbocycles. The van der Waals surface area contributed by atoms with Gasteiger partial charge in [-0.1, -0.05) is 18.2 Å². The van der Waals surface area contributed by atoms with Gasteiger partial charge < -0.3 is 4.90 Å². The molecule has 0 bridgehead atoms. The Hall–Kier alpha value is -2.41. The Morgan fingerprint density at radius 2 is 2.14 bits per heavy atom. The Bertz CT molecular complexity index is 718. The quantitative estimate of drug-likeness (QED) is 0.867. The van der Waals surface area contributed by atoms with E-state index in [9.17, 15) is 9.65 Å². The molecule has 0 fully saturated rings. The largest absolute Gasteiger partial charge is 0.354 e. The fraction of sp³-hybridized carbons (Fsp3) is 0.294. The van der Waals surface area contributed by atoms with Crippen molar-refractivity contribution in [3.05, 3.63) is 58.5 Å². The highest BCUT2D eigenvalue weighted by atomic mass is 19.1. The predicted molar refractivity (Wildman–Crippen MR) is 79.5 cm³/mol.